The molecule has 0 radical (unpaired) electrons. The monoisotopic (exact) mass is 1790 g/mol. The van der Waals surface area contributed by atoms with Crippen molar-refractivity contribution in [3.05, 3.63) is 509 Å². The van der Waals surface area contributed by atoms with E-state index < -0.39 is 0 Å². The first-order chi connectivity index (χ1) is 67.2. The lowest BCUT2D eigenvalue weighted by Crippen LogP contribution is -2.04. The lowest BCUT2D eigenvalue weighted by atomic mass is 10.0. The first-order valence-electron chi connectivity index (χ1n) is 45.2. The van der Waals surface area contributed by atoms with Crippen LogP contribution in [0.25, 0.3) is 33.9 Å². The Bertz CT molecular complexity index is 5880. The van der Waals surface area contributed by atoms with E-state index in [2.05, 4.69) is 0 Å². The Morgan fingerprint density at radius 1 is 0.125 bits per heavy atom. The molecule has 0 bridgehead atoms. The average Bonchev–Trinajstić information content (AvgIpc) is 0.792. The average molecular weight is 1800 g/mol. The molecule has 18 rings (SSSR count). The Labute approximate surface area is 792 Å². The molecule has 17 nitrogen and oxygen atoms in total. The minimum Gasteiger partial charge on any atom is -0.489 e. The summed E-state index contributed by atoms with van der Waals surface area (Å²) in [4.78, 5) is 14.7. The van der Waals surface area contributed by atoms with E-state index in [1.54, 1.807) is 12.4 Å². The van der Waals surface area contributed by atoms with E-state index in [-0.39, 0.29) is 39.6 Å². The third-order valence-corrected chi connectivity index (χ3v) is 22.0. The zero-order valence-corrected chi connectivity index (χ0v) is 74.9. The Kier molecular flexibility index (Phi) is 30.4. The summed E-state index contributed by atoms with van der Waals surface area (Å²) in [5.74, 6) is 8.00. The summed E-state index contributed by atoms with van der Waals surface area (Å²) in [7, 11) is 0. The molecule has 674 valence electrons. The van der Waals surface area contributed by atoms with Gasteiger partial charge in [0.2, 0.25) is 0 Å². The van der Waals surface area contributed by atoms with Gasteiger partial charge < -0.3 is 66.3 Å². The summed E-state index contributed by atoms with van der Waals surface area (Å²) in [6.07, 6.45) is 3.52. The maximum atomic E-state index is 7.13. The smallest absolute Gasteiger partial charge is 0.124 e. The van der Waals surface area contributed by atoms with Gasteiger partial charge in [0, 0.05) is 54.9 Å². The molecule has 0 unspecified atom stereocenters. The summed E-state index contributed by atoms with van der Waals surface area (Å²) in [6.45, 7) is 3.40. The number of pyridine rings is 3. The van der Waals surface area contributed by atoms with Crippen molar-refractivity contribution >= 4 is 0 Å². The van der Waals surface area contributed by atoms with E-state index in [9.17, 15) is 0 Å². The third-order valence-electron chi connectivity index (χ3n) is 22.0. The molecule has 136 heavy (non-hydrogen) atoms. The highest BCUT2D eigenvalue weighted by molar-refractivity contribution is 5.76. The van der Waals surface area contributed by atoms with Crippen LogP contribution in [0, 0.1) is 0 Å². The number of hydrogen-bond donors (Lipinski definition) is 0. The molecule has 0 saturated carbocycles. The second-order valence-corrected chi connectivity index (χ2v) is 32.6. The predicted molar refractivity (Wildman–Crippen MR) is 527 cm³/mol. The van der Waals surface area contributed by atoms with Crippen molar-refractivity contribution < 1.29 is 66.3 Å². The lowest BCUT2D eigenvalue weighted by Gasteiger charge is -2.17. The summed E-state index contributed by atoms with van der Waals surface area (Å²) >= 11 is 0. The second kappa shape index (κ2) is 46.2. The lowest BCUT2D eigenvalue weighted by molar-refractivity contribution is 0.270. The van der Waals surface area contributed by atoms with Gasteiger partial charge in [0.1, 0.15) is 173 Å². The van der Waals surface area contributed by atoms with Crippen LogP contribution in [0.5, 0.6) is 80.5 Å². The highest BCUT2D eigenvalue weighted by Crippen LogP contribution is 2.39. The van der Waals surface area contributed by atoms with Crippen molar-refractivity contribution in [2.45, 2.75) is 92.5 Å². The van der Waals surface area contributed by atoms with Gasteiger partial charge in [-0.25, -0.2) is 4.98 Å². The van der Waals surface area contributed by atoms with Crippen molar-refractivity contribution in [3.8, 4) is 114 Å². The molecule has 18 aromatic rings. The number of hydrogen-bond acceptors (Lipinski definition) is 17. The van der Waals surface area contributed by atoms with E-state index in [4.69, 9.17) is 81.3 Å². The minimum atomic E-state index is 0.0389. The highest BCUT2D eigenvalue weighted by atomic mass is 16.5. The Hall–Kier alpha value is -17.1. The molecule has 17 heteroatoms. The number of nitrogens with zero attached hydrogens (tertiary/aromatic N) is 3. The normalized spacial score (nSPS) is 10.9. The fraction of sp³-hybridized carbons (Fsp3) is 0.118. The second-order valence-electron chi connectivity index (χ2n) is 32.6. The molecule has 0 atom stereocenters. The molecule has 15 aromatic carbocycles. The van der Waals surface area contributed by atoms with Crippen LogP contribution in [-0.4, -0.2) is 15.0 Å². The van der Waals surface area contributed by atoms with Crippen LogP contribution in [0.1, 0.15) is 77.9 Å². The fourth-order valence-electron chi connectivity index (χ4n) is 15.1. The summed E-state index contributed by atoms with van der Waals surface area (Å²) in [6, 6.07) is 137. The van der Waals surface area contributed by atoms with Crippen LogP contribution < -0.4 is 66.3 Å². The minimum absolute atomic E-state index is 0.0389. The van der Waals surface area contributed by atoms with E-state index in [0.717, 1.165) is 89.0 Å². The topological polar surface area (TPSA) is 168 Å². The van der Waals surface area contributed by atoms with Gasteiger partial charge in [-0.3, -0.25) is 9.97 Å². The number of benzene rings is 15. The zero-order valence-electron chi connectivity index (χ0n) is 74.9. The third kappa shape index (κ3) is 27.1. The molecule has 0 saturated heterocycles. The maximum absolute atomic E-state index is 7.13. The molecule has 0 spiro atoms. The summed E-state index contributed by atoms with van der Waals surface area (Å²) in [5, 5.41) is 0. The van der Waals surface area contributed by atoms with Crippen LogP contribution in [-0.2, 0) is 92.5 Å². The van der Waals surface area contributed by atoms with E-state index >= 15 is 0 Å². The molecule has 0 aliphatic rings. The molecule has 0 aliphatic heterocycles. The Morgan fingerprint density at radius 2 is 0.272 bits per heavy atom. The largest absolute Gasteiger partial charge is 0.489 e. The number of aromatic nitrogens is 3. The molecular formula is C119H99N3O14. The zero-order chi connectivity index (χ0) is 91.8. The van der Waals surface area contributed by atoms with Crippen molar-refractivity contribution in [2.75, 3.05) is 0 Å². The maximum Gasteiger partial charge on any atom is 0.124 e. The van der Waals surface area contributed by atoms with Crippen molar-refractivity contribution in [2.24, 2.45) is 0 Å². The predicted octanol–water partition coefficient (Wildman–Crippen LogP) is 27.0. The van der Waals surface area contributed by atoms with Gasteiger partial charge in [0.25, 0.3) is 0 Å². The van der Waals surface area contributed by atoms with Crippen molar-refractivity contribution in [1.82, 2.24) is 15.0 Å². The van der Waals surface area contributed by atoms with Gasteiger partial charge >= 0.3 is 0 Å². The molecular weight excluding hydrogens is 1700 g/mol. The van der Waals surface area contributed by atoms with Gasteiger partial charge in [-0.05, 0) is 210 Å². The van der Waals surface area contributed by atoms with E-state index in [1.807, 2.05) is 419 Å². The first-order valence-corrected chi connectivity index (χ1v) is 45.2. The standard InChI is InChI=1S/C119H99N3O14/c1-9-29-86(30-10-1)72-123-102-49-94(50-103(65-102)124-73-87-31-11-2-12-32-87)80-131-110-57-98(58-111(69-110)132-81-95-51-104(125-74-88-33-13-3-14-34-88)66-105(52-95)126-75-89-35-15-4-16-36-89)84-135-114-61-100(101-63-118(116-45-25-27-47-120-116)122-119(64-101)117-46-26-28-48-121-117)62-115(71-114)136-85-99-59-112(133-82-96-53-106(127-76-90-37-17-5-18-38-90)67-107(54-96)128-77-91-39-19-6-20-40-91)70-113(60-99)134-83-97-55-108(129-78-92-41-21-7-22-42-92)68-109(56-97)130-79-93-43-23-8-24-44-93/h1-71H,72-85H2. The van der Waals surface area contributed by atoms with Crippen molar-refractivity contribution in [1.29, 1.82) is 0 Å². The van der Waals surface area contributed by atoms with Crippen LogP contribution in [0.4, 0.5) is 0 Å². The molecule has 0 fully saturated rings. The van der Waals surface area contributed by atoms with Crippen LogP contribution in [0.2, 0.25) is 0 Å². The molecule has 0 amide bonds. The number of rotatable bonds is 45. The van der Waals surface area contributed by atoms with Gasteiger partial charge in [0.05, 0.1) is 22.8 Å². The van der Waals surface area contributed by atoms with E-state index in [1.165, 1.54) is 0 Å². The first kappa shape index (κ1) is 89.5. The van der Waals surface area contributed by atoms with Crippen LogP contribution in [0.3, 0.4) is 0 Å². The SMILES string of the molecule is c1ccc(COc2cc(COc3cc(COc4cc(OCc5cc(OCc6cc(OCc7ccccc7)cc(OCc7ccccc7)c6)cc(OCc6cc(OCc7ccccc7)cc(OCc7ccccc7)c6)c5)cc(-c5cc(-c6ccccn6)nc(-c6ccccn6)c5)c4)cc(OCc4cc(OCc5ccccc5)cc(OCc5ccccc5)c4)c3)cc(OCc3ccccc3)c2)cc1. The molecule has 3 aromatic heterocycles. The van der Waals surface area contributed by atoms with Crippen LogP contribution in [0.15, 0.2) is 431 Å². The molecule has 0 N–H and O–H groups in total. The fourth-order valence-corrected chi connectivity index (χ4v) is 15.1. The number of ether oxygens (including phenoxy) is 14. The molecule has 0 aliphatic carbocycles. The van der Waals surface area contributed by atoms with E-state index in [0.29, 0.717) is 156 Å². The van der Waals surface area contributed by atoms with Gasteiger partial charge in [-0.2, -0.15) is 0 Å². The quantitative estimate of drug-likeness (QED) is 0.0353. The molecule has 3 heterocycles. The Balaban J connectivity index is 0.686. The van der Waals surface area contributed by atoms with Gasteiger partial charge in [0.15, 0.2) is 0 Å². The summed E-state index contributed by atoms with van der Waals surface area (Å²) < 4.78 is 93.8. The highest BCUT2D eigenvalue weighted by Gasteiger charge is 2.19. The van der Waals surface area contributed by atoms with Gasteiger partial charge in [-0.15, -0.1) is 0 Å². The Morgan fingerprint density at radius 3 is 0.434 bits per heavy atom. The van der Waals surface area contributed by atoms with Gasteiger partial charge in [-0.1, -0.05) is 255 Å². The van der Waals surface area contributed by atoms with Crippen molar-refractivity contribution in [3.63, 3.8) is 0 Å². The summed E-state index contributed by atoms with van der Waals surface area (Å²) in [5.41, 5.74) is 17.1. The van der Waals surface area contributed by atoms with Crippen LogP contribution >= 0.6 is 0 Å².